The number of H-pyrrole nitrogens is 1. The lowest BCUT2D eigenvalue weighted by atomic mass is 9.84. The zero-order chi connectivity index (χ0) is 16.5. The second-order valence-electron chi connectivity index (χ2n) is 6.34. The molecular weight excluding hydrogens is 300 g/mol. The molecule has 0 amide bonds. The Morgan fingerprint density at radius 3 is 2.36 bits per heavy atom. The molecule has 0 radical (unpaired) electrons. The predicted molar refractivity (Wildman–Crippen MR) is 88.0 cm³/mol. The normalized spacial score (nSPS) is 12.4. The molecule has 0 fully saturated rings. The maximum atomic E-state index is 12.1. The maximum absolute atomic E-state index is 12.1. The molecule has 0 aliphatic rings. The number of sulfonamides is 1. The largest absolute Gasteiger partial charge is 0.329 e. The number of hydrogen-bond acceptors (Lipinski definition) is 3. The molecule has 0 unspecified atom stereocenters. The van der Waals surface area contributed by atoms with E-state index < -0.39 is 10.0 Å². The minimum Gasteiger partial charge on any atom is -0.329 e. The molecule has 2 aromatic rings. The van der Waals surface area contributed by atoms with E-state index in [1.807, 2.05) is 12.1 Å². The van der Waals surface area contributed by atoms with Crippen LogP contribution in [-0.2, 0) is 21.2 Å². The Bertz CT molecular complexity index is 846. The van der Waals surface area contributed by atoms with Gasteiger partial charge in [-0.2, -0.15) is 0 Å². The highest BCUT2D eigenvalue weighted by Crippen LogP contribution is 2.29. The minimum absolute atomic E-state index is 0.115. The van der Waals surface area contributed by atoms with Crippen LogP contribution >= 0.6 is 0 Å². The fourth-order valence-electron chi connectivity index (χ4n) is 2.27. The minimum atomic E-state index is -3.68. The molecule has 0 aliphatic heterocycles. The first-order valence-corrected chi connectivity index (χ1v) is 8.61. The van der Waals surface area contributed by atoms with Gasteiger partial charge < -0.3 is 4.98 Å². The van der Waals surface area contributed by atoms with Crippen molar-refractivity contribution in [2.45, 2.75) is 31.9 Å². The van der Waals surface area contributed by atoms with Crippen LogP contribution in [0.25, 0.3) is 11.1 Å². The number of rotatable bonds is 3. The second kappa shape index (κ2) is 5.70. The number of aromatic nitrogens is 1. The summed E-state index contributed by atoms with van der Waals surface area (Å²) in [5.41, 5.74) is 2.20. The smallest absolute Gasteiger partial charge is 0.255 e. The molecule has 0 saturated heterocycles. The number of nitrogens with one attached hydrogen (secondary N) is 1. The molecule has 3 N–H and O–H groups in total. The van der Waals surface area contributed by atoms with Gasteiger partial charge >= 0.3 is 0 Å². The molecule has 0 aliphatic carbocycles. The number of benzene rings is 1. The van der Waals surface area contributed by atoms with Gasteiger partial charge in [0.1, 0.15) is 0 Å². The lowest BCUT2D eigenvalue weighted by Gasteiger charge is -2.21. The van der Waals surface area contributed by atoms with E-state index >= 15 is 0 Å². The van der Waals surface area contributed by atoms with Crippen LogP contribution in [0.1, 0.15) is 31.9 Å². The Labute approximate surface area is 130 Å². The predicted octanol–water partition coefficient (Wildman–Crippen LogP) is 2.13. The highest BCUT2D eigenvalue weighted by atomic mass is 32.2. The Kier molecular flexibility index (Phi) is 4.26. The molecule has 0 atom stereocenters. The molecule has 0 saturated carbocycles. The Morgan fingerprint density at radius 2 is 1.82 bits per heavy atom. The number of aromatic amines is 1. The van der Waals surface area contributed by atoms with Crippen molar-refractivity contribution in [3.63, 3.8) is 0 Å². The summed E-state index contributed by atoms with van der Waals surface area (Å²) in [4.78, 5) is 14.7. The van der Waals surface area contributed by atoms with Gasteiger partial charge in [-0.25, -0.2) is 13.6 Å². The summed E-state index contributed by atoms with van der Waals surface area (Å²) in [6.45, 7) is 6.17. The van der Waals surface area contributed by atoms with Crippen LogP contribution < -0.4 is 10.7 Å². The summed E-state index contributed by atoms with van der Waals surface area (Å²) >= 11 is 0. The molecule has 22 heavy (non-hydrogen) atoms. The Morgan fingerprint density at radius 1 is 1.14 bits per heavy atom. The second-order valence-corrected chi connectivity index (χ2v) is 7.96. The van der Waals surface area contributed by atoms with Gasteiger partial charge in [-0.05, 0) is 34.2 Å². The topological polar surface area (TPSA) is 93.0 Å². The summed E-state index contributed by atoms with van der Waals surface area (Å²) < 4.78 is 22.9. The Hall–Kier alpha value is -1.92. The van der Waals surface area contributed by atoms with Crippen molar-refractivity contribution in [3.05, 3.63) is 58.0 Å². The van der Waals surface area contributed by atoms with Gasteiger partial charge in [0.15, 0.2) is 0 Å². The Balaban J connectivity index is 2.71. The average molecular weight is 320 g/mol. The van der Waals surface area contributed by atoms with Crippen LogP contribution in [0.15, 0.2) is 41.3 Å². The summed E-state index contributed by atoms with van der Waals surface area (Å²) in [6, 6.07) is 8.85. The van der Waals surface area contributed by atoms with Gasteiger partial charge in [0.2, 0.25) is 10.0 Å². The van der Waals surface area contributed by atoms with Gasteiger partial charge in [-0.1, -0.05) is 39.0 Å². The molecule has 1 aromatic heterocycles. The first-order chi connectivity index (χ1) is 10.1. The van der Waals surface area contributed by atoms with Crippen molar-refractivity contribution in [3.8, 4) is 11.1 Å². The van der Waals surface area contributed by atoms with Gasteiger partial charge in [0.05, 0.1) is 5.75 Å². The van der Waals surface area contributed by atoms with Crippen LogP contribution in [0, 0.1) is 0 Å². The summed E-state index contributed by atoms with van der Waals surface area (Å²) in [5, 5.41) is 5.16. The molecule has 0 spiro atoms. The SMILES string of the molecule is CC(C)(C)c1ccc(CS(N)(=O)=O)c(-c2ccc[nH]c2=O)c1. The summed E-state index contributed by atoms with van der Waals surface area (Å²) in [6.07, 6.45) is 1.54. The molecule has 5 nitrogen and oxygen atoms in total. The zero-order valence-corrected chi connectivity index (χ0v) is 13.7. The zero-order valence-electron chi connectivity index (χ0n) is 12.9. The van der Waals surface area contributed by atoms with Crippen molar-refractivity contribution in [1.29, 1.82) is 0 Å². The van der Waals surface area contributed by atoms with Crippen molar-refractivity contribution >= 4 is 10.0 Å². The third kappa shape index (κ3) is 3.84. The van der Waals surface area contributed by atoms with Crippen molar-refractivity contribution in [2.24, 2.45) is 5.14 Å². The van der Waals surface area contributed by atoms with E-state index in [0.29, 0.717) is 16.7 Å². The molecule has 0 bridgehead atoms. The molecule has 6 heteroatoms. The lowest BCUT2D eigenvalue weighted by Crippen LogP contribution is -2.17. The van der Waals surface area contributed by atoms with E-state index in [1.54, 1.807) is 24.4 Å². The third-order valence-electron chi connectivity index (χ3n) is 3.44. The fraction of sp³-hybridized carbons (Fsp3) is 0.312. The molecule has 1 aromatic carbocycles. The number of primary sulfonamides is 1. The van der Waals surface area contributed by atoms with Gasteiger partial charge in [-0.3, -0.25) is 4.79 Å². The standard InChI is InChI=1S/C16H20N2O3S/c1-16(2,3)12-7-6-11(10-22(17,20)21)14(9-12)13-5-4-8-18-15(13)19/h4-9H,10H2,1-3H3,(H,18,19)(H2,17,20,21). The number of hydrogen-bond donors (Lipinski definition) is 2. The van der Waals surface area contributed by atoms with E-state index in [0.717, 1.165) is 5.56 Å². The summed E-state index contributed by atoms with van der Waals surface area (Å²) in [7, 11) is -3.68. The lowest BCUT2D eigenvalue weighted by molar-refractivity contribution is 0.590. The van der Waals surface area contributed by atoms with Crippen molar-refractivity contribution in [1.82, 2.24) is 4.98 Å². The molecule has 1 heterocycles. The maximum Gasteiger partial charge on any atom is 0.255 e. The third-order valence-corrected chi connectivity index (χ3v) is 4.15. The van der Waals surface area contributed by atoms with E-state index in [2.05, 4.69) is 25.8 Å². The van der Waals surface area contributed by atoms with Gasteiger partial charge in [0.25, 0.3) is 5.56 Å². The number of nitrogens with two attached hydrogens (primary N) is 1. The van der Waals surface area contributed by atoms with Crippen LogP contribution in [0.5, 0.6) is 0 Å². The van der Waals surface area contributed by atoms with Crippen molar-refractivity contribution < 1.29 is 8.42 Å². The monoisotopic (exact) mass is 320 g/mol. The van der Waals surface area contributed by atoms with E-state index in [4.69, 9.17) is 5.14 Å². The van der Waals surface area contributed by atoms with Crippen LogP contribution in [-0.4, -0.2) is 13.4 Å². The van der Waals surface area contributed by atoms with Crippen molar-refractivity contribution in [2.75, 3.05) is 0 Å². The first-order valence-electron chi connectivity index (χ1n) is 6.90. The number of pyridine rings is 1. The highest BCUT2D eigenvalue weighted by molar-refractivity contribution is 7.88. The van der Waals surface area contributed by atoms with Gasteiger partial charge in [-0.15, -0.1) is 0 Å². The van der Waals surface area contributed by atoms with Crippen LogP contribution in [0.2, 0.25) is 0 Å². The van der Waals surface area contributed by atoms with E-state index in [1.165, 1.54) is 0 Å². The van der Waals surface area contributed by atoms with E-state index in [9.17, 15) is 13.2 Å². The van der Waals surface area contributed by atoms with E-state index in [-0.39, 0.29) is 16.7 Å². The molecular formula is C16H20N2O3S. The highest BCUT2D eigenvalue weighted by Gasteiger charge is 2.19. The van der Waals surface area contributed by atoms with Crippen LogP contribution in [0.3, 0.4) is 0 Å². The first kappa shape index (κ1) is 16.5. The fourth-order valence-corrected chi connectivity index (χ4v) is 2.96. The molecule has 118 valence electrons. The molecule has 2 rings (SSSR count). The van der Waals surface area contributed by atoms with Gasteiger partial charge in [0, 0.05) is 11.8 Å². The van der Waals surface area contributed by atoms with Crippen LogP contribution in [0.4, 0.5) is 0 Å². The summed E-state index contributed by atoms with van der Waals surface area (Å²) in [5.74, 6) is -0.304. The average Bonchev–Trinajstić information content (AvgIpc) is 2.37. The quantitative estimate of drug-likeness (QED) is 0.907.